The molecular formula is C15H19N4S2+. The zero-order chi connectivity index (χ0) is 14.7. The van der Waals surface area contributed by atoms with Crippen molar-refractivity contribution in [3.63, 3.8) is 0 Å². The second kappa shape index (κ2) is 6.49. The van der Waals surface area contributed by atoms with Crippen molar-refractivity contribution in [3.8, 4) is 0 Å². The first kappa shape index (κ1) is 14.4. The van der Waals surface area contributed by atoms with E-state index in [2.05, 4.69) is 22.1 Å². The van der Waals surface area contributed by atoms with Crippen molar-refractivity contribution < 1.29 is 4.98 Å². The van der Waals surface area contributed by atoms with Gasteiger partial charge in [0, 0.05) is 21.2 Å². The summed E-state index contributed by atoms with van der Waals surface area (Å²) >= 11 is 3.44. The van der Waals surface area contributed by atoms with Crippen molar-refractivity contribution in [2.45, 2.75) is 35.8 Å². The third-order valence-corrected chi connectivity index (χ3v) is 5.62. The standard InChI is InChI=1S/C15H18N4S2/c16-13-6-5-11(21-10-3-1-2-4-10)9-12(13)14(17)19-15-18-7-8-20-15/h5-10H,1-4,16H2,(H2,17,18,19)/p+1. The van der Waals surface area contributed by atoms with Gasteiger partial charge in [0.05, 0.1) is 11.8 Å². The summed E-state index contributed by atoms with van der Waals surface area (Å²) in [6, 6.07) is 6.06. The molecule has 0 radical (unpaired) electrons. The van der Waals surface area contributed by atoms with Crippen LogP contribution >= 0.6 is 23.1 Å². The van der Waals surface area contributed by atoms with Crippen LogP contribution in [0.3, 0.4) is 0 Å². The van der Waals surface area contributed by atoms with E-state index in [0.29, 0.717) is 11.5 Å². The Morgan fingerprint density at radius 3 is 2.86 bits per heavy atom. The number of aromatic nitrogens is 1. The van der Waals surface area contributed by atoms with Gasteiger partial charge in [-0.15, -0.1) is 11.8 Å². The number of hydrogen-bond donors (Lipinski definition) is 2. The predicted octanol–water partition coefficient (Wildman–Crippen LogP) is 3.22. The topological polar surface area (TPSA) is 78.5 Å². The number of H-pyrrole nitrogens is 1. The van der Waals surface area contributed by atoms with Crippen LogP contribution in [0.2, 0.25) is 0 Å². The second-order valence-corrected chi connectivity index (χ2v) is 7.41. The van der Waals surface area contributed by atoms with E-state index in [1.807, 2.05) is 29.4 Å². The van der Waals surface area contributed by atoms with Crippen LogP contribution in [0, 0.1) is 0 Å². The number of thioether (sulfide) groups is 1. The molecular weight excluding hydrogens is 300 g/mol. The number of anilines is 1. The Labute approximate surface area is 132 Å². The van der Waals surface area contributed by atoms with E-state index < -0.39 is 0 Å². The molecule has 1 aromatic carbocycles. The van der Waals surface area contributed by atoms with E-state index in [0.717, 1.165) is 15.9 Å². The lowest BCUT2D eigenvalue weighted by Crippen LogP contribution is -2.16. The summed E-state index contributed by atoms with van der Waals surface area (Å²) in [5, 5.41) is 3.44. The fourth-order valence-corrected chi connectivity index (χ4v) is 4.33. The van der Waals surface area contributed by atoms with Crippen molar-refractivity contribution >= 4 is 39.8 Å². The molecule has 0 bridgehead atoms. The third-order valence-electron chi connectivity index (χ3n) is 3.58. The number of nitrogen functional groups attached to an aromatic ring is 1. The smallest absolute Gasteiger partial charge is 0.382 e. The molecule has 2 aromatic rings. The van der Waals surface area contributed by atoms with Gasteiger partial charge < -0.3 is 11.5 Å². The minimum Gasteiger partial charge on any atom is -0.398 e. The first-order valence-corrected chi connectivity index (χ1v) is 8.84. The van der Waals surface area contributed by atoms with E-state index in [1.165, 1.54) is 41.9 Å². The summed E-state index contributed by atoms with van der Waals surface area (Å²) in [6.07, 6.45) is 7.14. The normalized spacial score (nSPS) is 16.5. The van der Waals surface area contributed by atoms with Crippen LogP contribution in [0.25, 0.3) is 0 Å². The highest BCUT2D eigenvalue weighted by atomic mass is 32.2. The molecule has 0 atom stereocenters. The van der Waals surface area contributed by atoms with Gasteiger partial charge in [0.15, 0.2) is 0 Å². The minimum atomic E-state index is 0.458. The van der Waals surface area contributed by atoms with Crippen LogP contribution in [0.1, 0.15) is 31.2 Å². The van der Waals surface area contributed by atoms with Crippen LogP contribution in [-0.2, 0) is 0 Å². The molecule has 1 heterocycles. The summed E-state index contributed by atoms with van der Waals surface area (Å²) in [5.74, 6) is 0.458. The van der Waals surface area contributed by atoms with Crippen LogP contribution in [0.4, 0.5) is 10.8 Å². The van der Waals surface area contributed by atoms with Crippen molar-refractivity contribution in [2.75, 3.05) is 5.73 Å². The first-order valence-electron chi connectivity index (χ1n) is 7.08. The van der Waals surface area contributed by atoms with Gasteiger partial charge >= 0.3 is 5.13 Å². The van der Waals surface area contributed by atoms with Crippen LogP contribution in [0.15, 0.2) is 39.7 Å². The van der Waals surface area contributed by atoms with Gasteiger partial charge in [-0.2, -0.15) is 0 Å². The third kappa shape index (κ3) is 3.57. The van der Waals surface area contributed by atoms with Gasteiger partial charge in [-0.05, 0) is 36.0 Å². The molecule has 0 spiro atoms. The van der Waals surface area contributed by atoms with Gasteiger partial charge in [0.2, 0.25) is 5.84 Å². The number of nitrogens with one attached hydrogen (secondary N) is 1. The molecule has 1 aliphatic carbocycles. The maximum Gasteiger partial charge on any atom is 0.382 e. The summed E-state index contributed by atoms with van der Waals surface area (Å²) in [5.41, 5.74) is 13.7. The summed E-state index contributed by atoms with van der Waals surface area (Å²) in [7, 11) is 0. The van der Waals surface area contributed by atoms with Gasteiger partial charge in [-0.3, -0.25) is 0 Å². The number of amidine groups is 1. The zero-order valence-corrected chi connectivity index (χ0v) is 13.3. The Hall–Kier alpha value is -1.53. The molecule has 0 unspecified atom stereocenters. The highest BCUT2D eigenvalue weighted by molar-refractivity contribution is 8.00. The molecule has 1 fully saturated rings. The molecule has 110 valence electrons. The molecule has 5 N–H and O–H groups in total. The number of rotatable bonds is 4. The quantitative estimate of drug-likeness (QED) is 0.516. The number of aromatic amines is 1. The number of hydrogen-bond acceptors (Lipinski definition) is 4. The fourth-order valence-electron chi connectivity index (χ4n) is 2.50. The monoisotopic (exact) mass is 319 g/mol. The van der Waals surface area contributed by atoms with E-state index in [9.17, 15) is 0 Å². The van der Waals surface area contributed by atoms with Gasteiger partial charge in [-0.1, -0.05) is 24.2 Å². The molecule has 0 amide bonds. The molecule has 0 saturated heterocycles. The molecule has 1 aliphatic rings. The highest BCUT2D eigenvalue weighted by Crippen LogP contribution is 2.35. The van der Waals surface area contributed by atoms with Crippen molar-refractivity contribution in [2.24, 2.45) is 10.7 Å². The predicted molar refractivity (Wildman–Crippen MR) is 90.2 cm³/mol. The average molecular weight is 319 g/mol. The molecule has 1 saturated carbocycles. The van der Waals surface area contributed by atoms with Gasteiger partial charge in [0.25, 0.3) is 0 Å². The lowest BCUT2D eigenvalue weighted by atomic mass is 10.1. The van der Waals surface area contributed by atoms with Crippen LogP contribution in [-0.4, -0.2) is 11.1 Å². The van der Waals surface area contributed by atoms with Crippen molar-refractivity contribution in [1.29, 1.82) is 0 Å². The maximum absolute atomic E-state index is 6.11. The fraction of sp³-hybridized carbons (Fsp3) is 0.333. The number of benzene rings is 1. The Kier molecular flexibility index (Phi) is 4.45. The van der Waals surface area contributed by atoms with E-state index >= 15 is 0 Å². The van der Waals surface area contributed by atoms with Crippen LogP contribution < -0.4 is 16.5 Å². The first-order chi connectivity index (χ1) is 10.2. The molecule has 3 rings (SSSR count). The molecule has 21 heavy (non-hydrogen) atoms. The number of nitrogens with two attached hydrogens (primary N) is 2. The largest absolute Gasteiger partial charge is 0.398 e. The summed E-state index contributed by atoms with van der Waals surface area (Å²) in [6.45, 7) is 0. The van der Waals surface area contributed by atoms with Crippen molar-refractivity contribution in [3.05, 3.63) is 35.3 Å². The van der Waals surface area contributed by atoms with Gasteiger partial charge in [0.1, 0.15) is 0 Å². The van der Waals surface area contributed by atoms with Crippen LogP contribution in [0.5, 0.6) is 0 Å². The minimum absolute atomic E-state index is 0.458. The molecule has 6 heteroatoms. The lowest BCUT2D eigenvalue weighted by Gasteiger charge is -2.10. The Balaban J connectivity index is 1.83. The van der Waals surface area contributed by atoms with E-state index in [4.69, 9.17) is 11.5 Å². The molecule has 1 aromatic heterocycles. The van der Waals surface area contributed by atoms with Crippen molar-refractivity contribution in [1.82, 2.24) is 0 Å². The highest BCUT2D eigenvalue weighted by Gasteiger charge is 2.18. The number of thiazole rings is 1. The second-order valence-electron chi connectivity index (χ2n) is 5.14. The summed E-state index contributed by atoms with van der Waals surface area (Å²) in [4.78, 5) is 8.65. The lowest BCUT2D eigenvalue weighted by molar-refractivity contribution is -0.356. The SMILES string of the molecule is N/C(=N\c1[nH+]ccs1)c1cc(SC2CCCC2)ccc1N. The van der Waals surface area contributed by atoms with Gasteiger partial charge in [-0.25, -0.2) is 4.98 Å². The zero-order valence-electron chi connectivity index (χ0n) is 11.7. The van der Waals surface area contributed by atoms with E-state index in [1.54, 1.807) is 0 Å². The Morgan fingerprint density at radius 2 is 2.14 bits per heavy atom. The number of aliphatic imine (C=N–C) groups is 1. The Bertz CT molecular complexity index is 631. The number of nitrogens with zero attached hydrogens (tertiary/aromatic N) is 1. The molecule has 4 nitrogen and oxygen atoms in total. The van der Waals surface area contributed by atoms with E-state index in [-0.39, 0.29) is 0 Å². The maximum atomic E-state index is 6.11. The Morgan fingerprint density at radius 1 is 1.33 bits per heavy atom. The molecule has 0 aliphatic heterocycles. The average Bonchev–Trinajstić information content (AvgIpc) is 3.14. The summed E-state index contributed by atoms with van der Waals surface area (Å²) < 4.78 is 0.